The zero-order valence-electron chi connectivity index (χ0n) is 17.6. The van der Waals surface area contributed by atoms with Crippen molar-refractivity contribution in [3.05, 3.63) is 77.6 Å². The molecular weight excluding hydrogens is 364 g/mol. The Morgan fingerprint density at radius 3 is 2.48 bits per heavy atom. The zero-order chi connectivity index (χ0) is 22.2. The quantitative estimate of drug-likeness (QED) is 0.404. The van der Waals surface area contributed by atoms with Gasteiger partial charge in [0.15, 0.2) is 17.3 Å². The summed E-state index contributed by atoms with van der Waals surface area (Å²) in [6.45, 7) is 11.5. The summed E-state index contributed by atoms with van der Waals surface area (Å²) in [5.74, 6) is 1.63. The molecule has 1 aromatic carbocycles. The maximum atomic E-state index is 12.8. The van der Waals surface area contributed by atoms with E-state index < -0.39 is 0 Å². The number of ether oxygens (including phenoxy) is 1. The third-order valence-electron chi connectivity index (χ3n) is 3.53. The highest BCUT2D eigenvalue weighted by Crippen LogP contribution is 2.30. The Morgan fingerprint density at radius 2 is 1.90 bits per heavy atom. The van der Waals surface area contributed by atoms with Crippen LogP contribution in [0.25, 0.3) is 6.08 Å². The summed E-state index contributed by atoms with van der Waals surface area (Å²) in [7, 11) is 0. The molecule has 0 radical (unpaired) electrons. The number of carbonyl (C=O) groups is 1. The van der Waals surface area contributed by atoms with Crippen LogP contribution in [0.1, 0.15) is 38.8 Å². The van der Waals surface area contributed by atoms with E-state index in [2.05, 4.69) is 18.9 Å². The van der Waals surface area contributed by atoms with Gasteiger partial charge in [-0.25, -0.2) is 0 Å². The van der Waals surface area contributed by atoms with Crippen LogP contribution in [0.3, 0.4) is 0 Å². The molecule has 2 rings (SSSR count). The number of fused-ring (bicyclic) bond motifs is 1. The number of aromatic hydroxyl groups is 2. The highest BCUT2D eigenvalue weighted by atomic mass is 16.5. The Bertz CT molecular complexity index is 846. The van der Waals surface area contributed by atoms with Gasteiger partial charge in [-0.2, -0.15) is 0 Å². The average Bonchev–Trinajstić information content (AvgIpc) is 2.70. The number of phenolic OH excluding ortho intramolecular Hbond substituents is 2. The number of allylic oxidation sites excluding steroid dienone is 6. The van der Waals surface area contributed by atoms with E-state index in [0.717, 1.165) is 0 Å². The van der Waals surface area contributed by atoms with E-state index in [9.17, 15) is 15.0 Å². The van der Waals surface area contributed by atoms with Crippen molar-refractivity contribution in [2.75, 3.05) is 6.61 Å². The Morgan fingerprint density at radius 1 is 1.28 bits per heavy atom. The number of carbonyl (C=O) groups excluding carboxylic acids is 1. The standard InChI is InChI=1S/C20H20O4.C3H4.C2H6/c1-3-6-14(7-4-2)17-13-24-9-5-8-15-10-19(22)20(23)12-16(15)11-18(17)21;1-3-2;1-2/h3-8,10,12-13,22-23H,1,9,11H2,2H3;1H,2H3;1-2H3/b7-4-,8-5-,14-6+,17-13-;;. The highest BCUT2D eigenvalue weighted by Gasteiger charge is 2.17. The number of benzene rings is 1. The van der Waals surface area contributed by atoms with E-state index in [0.29, 0.717) is 22.3 Å². The smallest absolute Gasteiger partial charge is 0.170 e. The van der Waals surface area contributed by atoms with Gasteiger partial charge >= 0.3 is 0 Å². The van der Waals surface area contributed by atoms with Gasteiger partial charge in [-0.1, -0.05) is 50.8 Å². The molecule has 0 saturated heterocycles. The van der Waals surface area contributed by atoms with Crippen LogP contribution in [0.2, 0.25) is 0 Å². The van der Waals surface area contributed by atoms with Gasteiger partial charge in [-0.3, -0.25) is 4.79 Å². The van der Waals surface area contributed by atoms with Gasteiger partial charge in [0.05, 0.1) is 11.8 Å². The second kappa shape index (κ2) is 14.6. The van der Waals surface area contributed by atoms with Gasteiger partial charge in [0, 0.05) is 6.42 Å². The van der Waals surface area contributed by atoms with Crippen molar-refractivity contribution in [1.29, 1.82) is 0 Å². The van der Waals surface area contributed by atoms with E-state index >= 15 is 0 Å². The molecule has 0 spiro atoms. The molecule has 0 atom stereocenters. The predicted molar refractivity (Wildman–Crippen MR) is 121 cm³/mol. The molecule has 154 valence electrons. The Labute approximate surface area is 174 Å². The van der Waals surface area contributed by atoms with Crippen LogP contribution < -0.4 is 0 Å². The van der Waals surface area contributed by atoms with E-state index in [1.807, 2.05) is 32.9 Å². The lowest BCUT2D eigenvalue weighted by Gasteiger charge is -2.13. The van der Waals surface area contributed by atoms with Crippen LogP contribution in [0.4, 0.5) is 0 Å². The fourth-order valence-electron chi connectivity index (χ4n) is 2.41. The van der Waals surface area contributed by atoms with Crippen molar-refractivity contribution in [2.45, 2.75) is 34.1 Å². The van der Waals surface area contributed by atoms with Gasteiger partial charge in [0.25, 0.3) is 0 Å². The predicted octanol–water partition coefficient (Wildman–Crippen LogP) is 5.49. The number of phenols is 2. The van der Waals surface area contributed by atoms with E-state index in [1.165, 1.54) is 18.4 Å². The maximum Gasteiger partial charge on any atom is 0.170 e. The number of ketones is 1. The van der Waals surface area contributed by atoms with Crippen molar-refractivity contribution in [3.8, 4) is 23.8 Å². The second-order valence-corrected chi connectivity index (χ2v) is 5.55. The SMILES string of the molecule is C#CC.C=C/C=C(\C=C/C)C1=C/OC/C=C\c2cc(O)c(O)cc2CC\1=O.CC. The largest absolute Gasteiger partial charge is 0.504 e. The number of hydrogen-bond donors (Lipinski definition) is 2. The number of Topliss-reactive ketones (excluding diaryl/α,β-unsaturated/α-hetero) is 1. The molecule has 1 heterocycles. The molecule has 4 heteroatoms. The molecule has 0 bridgehead atoms. The molecule has 0 unspecified atom stereocenters. The number of hydrogen-bond acceptors (Lipinski definition) is 4. The minimum Gasteiger partial charge on any atom is -0.504 e. The molecule has 0 amide bonds. The minimum atomic E-state index is -0.246. The van der Waals surface area contributed by atoms with Gasteiger partial charge in [-0.15, -0.1) is 12.3 Å². The molecule has 0 saturated carbocycles. The Balaban J connectivity index is 0.00000143. The summed E-state index contributed by atoms with van der Waals surface area (Å²) in [6.07, 6.45) is 16.7. The van der Waals surface area contributed by atoms with Crippen molar-refractivity contribution in [3.63, 3.8) is 0 Å². The molecule has 4 nitrogen and oxygen atoms in total. The number of rotatable bonds is 3. The van der Waals surface area contributed by atoms with E-state index in [4.69, 9.17) is 4.74 Å². The van der Waals surface area contributed by atoms with Gasteiger partial charge in [-0.05, 0) is 48.8 Å². The third-order valence-corrected chi connectivity index (χ3v) is 3.53. The average molecular weight is 395 g/mol. The molecule has 1 aliphatic rings. The van der Waals surface area contributed by atoms with Crippen LogP contribution >= 0.6 is 0 Å². The first kappa shape index (κ1) is 25.6. The minimum absolute atomic E-state index is 0.0781. The first-order valence-corrected chi connectivity index (χ1v) is 9.37. The lowest BCUT2D eigenvalue weighted by Crippen LogP contribution is -2.10. The van der Waals surface area contributed by atoms with E-state index in [1.54, 1.807) is 31.2 Å². The lowest BCUT2D eigenvalue weighted by molar-refractivity contribution is -0.114. The first-order valence-electron chi connectivity index (χ1n) is 9.37. The third kappa shape index (κ3) is 8.40. The maximum absolute atomic E-state index is 12.8. The first-order chi connectivity index (χ1) is 14.0. The van der Waals surface area contributed by atoms with Crippen LogP contribution in [-0.4, -0.2) is 22.6 Å². The van der Waals surface area contributed by atoms with Crippen molar-refractivity contribution in [1.82, 2.24) is 0 Å². The fraction of sp³-hybridized carbons (Fsp3) is 0.240. The topological polar surface area (TPSA) is 66.8 Å². The summed E-state index contributed by atoms with van der Waals surface area (Å²) in [5.41, 5.74) is 2.44. The molecule has 1 aromatic rings. The highest BCUT2D eigenvalue weighted by molar-refractivity contribution is 6.01. The van der Waals surface area contributed by atoms with Gasteiger partial charge < -0.3 is 14.9 Å². The molecule has 0 aromatic heterocycles. The van der Waals surface area contributed by atoms with Crippen molar-refractivity contribution in [2.24, 2.45) is 0 Å². The molecule has 29 heavy (non-hydrogen) atoms. The van der Waals surface area contributed by atoms with Crippen molar-refractivity contribution >= 4 is 11.9 Å². The molecule has 2 N–H and O–H groups in total. The molecule has 0 aliphatic carbocycles. The van der Waals surface area contributed by atoms with E-state index in [-0.39, 0.29) is 30.3 Å². The van der Waals surface area contributed by atoms with Crippen molar-refractivity contribution < 1.29 is 19.7 Å². The molecular formula is C25H30O4. The molecule has 0 fully saturated rings. The van der Waals surface area contributed by atoms with Gasteiger partial charge in [0.1, 0.15) is 6.61 Å². The Kier molecular flexibility index (Phi) is 12.9. The second-order valence-electron chi connectivity index (χ2n) is 5.55. The monoisotopic (exact) mass is 394 g/mol. The summed E-state index contributed by atoms with van der Waals surface area (Å²) < 4.78 is 5.45. The fourth-order valence-corrected chi connectivity index (χ4v) is 2.41. The summed E-state index contributed by atoms with van der Waals surface area (Å²) >= 11 is 0. The Hall–Kier alpha value is -3.45. The summed E-state index contributed by atoms with van der Waals surface area (Å²) in [4.78, 5) is 12.8. The summed E-state index contributed by atoms with van der Waals surface area (Å²) in [5, 5.41) is 19.4. The zero-order valence-corrected chi connectivity index (χ0v) is 17.6. The number of terminal acetylenes is 1. The normalized spacial score (nSPS) is 16.3. The van der Waals surface area contributed by atoms with Crippen LogP contribution in [0.15, 0.2) is 66.5 Å². The van der Waals surface area contributed by atoms with Gasteiger partial charge in [0.2, 0.25) is 0 Å². The van der Waals surface area contributed by atoms with Crippen LogP contribution in [0.5, 0.6) is 11.5 Å². The summed E-state index contributed by atoms with van der Waals surface area (Å²) in [6, 6.07) is 2.85. The van der Waals surface area contributed by atoms with Crippen LogP contribution in [0, 0.1) is 12.3 Å². The lowest BCUT2D eigenvalue weighted by atomic mass is 9.94. The van der Waals surface area contributed by atoms with Crippen LogP contribution in [-0.2, 0) is 16.0 Å². The molecule has 1 aliphatic heterocycles.